The third-order valence-corrected chi connectivity index (χ3v) is 5.35. The van der Waals surface area contributed by atoms with E-state index in [-0.39, 0.29) is 17.4 Å². The van der Waals surface area contributed by atoms with Crippen molar-refractivity contribution in [2.45, 2.75) is 6.92 Å². The van der Waals surface area contributed by atoms with Crippen LogP contribution in [0.2, 0.25) is 5.02 Å². The number of halogens is 1. The highest BCUT2D eigenvalue weighted by Gasteiger charge is 2.18. The highest BCUT2D eigenvalue weighted by atomic mass is 35.5. The van der Waals surface area contributed by atoms with Crippen LogP contribution >= 0.6 is 11.6 Å². The summed E-state index contributed by atoms with van der Waals surface area (Å²) in [4.78, 5) is 20.4. The van der Waals surface area contributed by atoms with Crippen molar-refractivity contribution in [3.8, 4) is 34.9 Å². The molecule has 0 radical (unpaired) electrons. The average Bonchev–Trinajstić information content (AvgIpc) is 2.86. The Hall–Kier alpha value is -4.92. The van der Waals surface area contributed by atoms with Gasteiger partial charge in [-0.2, -0.15) is 15.5 Å². The molecule has 0 atom stereocenters. The van der Waals surface area contributed by atoms with Crippen LogP contribution in [0.1, 0.15) is 27.0 Å². The van der Waals surface area contributed by atoms with Gasteiger partial charge in [0.05, 0.1) is 28.3 Å². The molecule has 0 aliphatic rings. The summed E-state index contributed by atoms with van der Waals surface area (Å²) < 4.78 is 5.96. The third kappa shape index (κ3) is 5.19. The second-order valence-corrected chi connectivity index (χ2v) is 7.89. The first-order valence-electron chi connectivity index (χ1n) is 10.3. The Bertz CT molecular complexity index is 1480. The van der Waals surface area contributed by atoms with Crippen LogP contribution in [0.15, 0.2) is 66.9 Å². The van der Waals surface area contributed by atoms with Crippen LogP contribution in [0, 0.1) is 29.6 Å². The number of carbonyl (C=O) groups excluding carboxylic acids is 1. The fourth-order valence-electron chi connectivity index (χ4n) is 3.29. The Morgan fingerprint density at radius 1 is 1.00 bits per heavy atom. The second kappa shape index (κ2) is 9.92. The quantitative estimate of drug-likeness (QED) is 0.372. The molecule has 0 spiro atoms. The summed E-state index contributed by atoms with van der Waals surface area (Å²) in [6, 6.07) is 21.6. The van der Waals surface area contributed by atoms with Crippen molar-refractivity contribution in [1.29, 1.82) is 10.5 Å². The topological polar surface area (TPSA) is 138 Å². The first kappa shape index (κ1) is 23.2. The highest BCUT2D eigenvalue weighted by Crippen LogP contribution is 2.37. The molecule has 0 saturated carbocycles. The Kier molecular flexibility index (Phi) is 6.59. The molecule has 0 aliphatic carbocycles. The summed E-state index contributed by atoms with van der Waals surface area (Å²) in [5.74, 6) is -0.333. The molecular weight excluding hydrogens is 464 g/mol. The predicted molar refractivity (Wildman–Crippen MR) is 131 cm³/mol. The average molecular weight is 481 g/mol. The molecule has 4 aromatic rings. The molecule has 1 heterocycles. The number of nitrogens with zero attached hydrogens (tertiary/aromatic N) is 4. The van der Waals surface area contributed by atoms with Crippen molar-refractivity contribution in [3.05, 3.63) is 94.1 Å². The molecule has 0 unspecified atom stereocenters. The number of hydrogen-bond acceptors (Lipinski definition) is 7. The number of anilines is 2. The summed E-state index contributed by atoms with van der Waals surface area (Å²) in [5, 5.41) is 21.3. The van der Waals surface area contributed by atoms with Gasteiger partial charge < -0.3 is 15.8 Å². The Balaban J connectivity index is 1.66. The Morgan fingerprint density at radius 2 is 1.63 bits per heavy atom. The Labute approximate surface area is 206 Å². The van der Waals surface area contributed by atoms with E-state index >= 15 is 0 Å². The summed E-state index contributed by atoms with van der Waals surface area (Å²) in [7, 11) is 0. The maximum atomic E-state index is 12.0. The summed E-state index contributed by atoms with van der Waals surface area (Å²) in [5.41, 5.74) is 9.62. The number of ether oxygens (including phenoxy) is 1. The van der Waals surface area contributed by atoms with Crippen LogP contribution in [-0.4, -0.2) is 15.9 Å². The third-order valence-electron chi connectivity index (χ3n) is 5.06. The van der Waals surface area contributed by atoms with E-state index in [9.17, 15) is 4.79 Å². The van der Waals surface area contributed by atoms with Gasteiger partial charge in [0.25, 0.3) is 5.91 Å². The number of nitriles is 2. The van der Waals surface area contributed by atoms with E-state index in [4.69, 9.17) is 32.6 Å². The fraction of sp³-hybridized carbons (Fsp3) is 0.0385. The van der Waals surface area contributed by atoms with Gasteiger partial charge in [-0.15, -0.1) is 0 Å². The standard InChI is InChI=1S/C26H17ClN6O2/c1-15-10-19(18-6-2-16(12-28)3-7-18)11-22(27)23(15)35-25-21(24(30)34)14-31-26(33-25)32-20-8-4-17(13-29)5-9-20/h2-11,14H,1H3,(H2,30,34)(H,31,32,33). The maximum Gasteiger partial charge on any atom is 0.255 e. The molecule has 35 heavy (non-hydrogen) atoms. The van der Waals surface area contributed by atoms with Gasteiger partial charge in [0.1, 0.15) is 5.56 Å². The van der Waals surface area contributed by atoms with Crippen LogP contribution in [0.5, 0.6) is 11.6 Å². The lowest BCUT2D eigenvalue weighted by Crippen LogP contribution is -2.14. The van der Waals surface area contributed by atoms with E-state index in [1.54, 1.807) is 42.5 Å². The summed E-state index contributed by atoms with van der Waals surface area (Å²) in [6.07, 6.45) is 1.27. The number of primary amides is 1. The Morgan fingerprint density at radius 3 is 2.20 bits per heavy atom. The van der Waals surface area contributed by atoms with Gasteiger partial charge in [-0.3, -0.25) is 4.79 Å². The first-order valence-corrected chi connectivity index (χ1v) is 10.7. The van der Waals surface area contributed by atoms with E-state index in [1.807, 2.05) is 31.2 Å². The molecule has 170 valence electrons. The number of hydrogen-bond donors (Lipinski definition) is 2. The molecular formula is C26H17ClN6O2. The van der Waals surface area contributed by atoms with Crippen molar-refractivity contribution in [1.82, 2.24) is 9.97 Å². The molecule has 9 heteroatoms. The molecule has 1 amide bonds. The smallest absolute Gasteiger partial charge is 0.255 e. The molecule has 3 aromatic carbocycles. The van der Waals surface area contributed by atoms with Crippen LogP contribution in [0.4, 0.5) is 11.6 Å². The van der Waals surface area contributed by atoms with Crippen LogP contribution in [0.3, 0.4) is 0 Å². The van der Waals surface area contributed by atoms with Crippen molar-refractivity contribution < 1.29 is 9.53 Å². The van der Waals surface area contributed by atoms with Crippen molar-refractivity contribution >= 4 is 29.1 Å². The summed E-state index contributed by atoms with van der Waals surface area (Å²) in [6.45, 7) is 1.81. The predicted octanol–water partition coefficient (Wildman–Crippen LogP) is 5.48. The van der Waals surface area contributed by atoms with Gasteiger partial charge in [-0.25, -0.2) is 4.98 Å². The minimum Gasteiger partial charge on any atom is -0.436 e. The van der Waals surface area contributed by atoms with Gasteiger partial charge >= 0.3 is 0 Å². The van der Waals surface area contributed by atoms with E-state index in [0.29, 0.717) is 33.1 Å². The van der Waals surface area contributed by atoms with Crippen molar-refractivity contribution in [2.24, 2.45) is 5.73 Å². The van der Waals surface area contributed by atoms with Crippen LogP contribution in [-0.2, 0) is 0 Å². The maximum absolute atomic E-state index is 12.0. The molecule has 0 bridgehead atoms. The lowest BCUT2D eigenvalue weighted by Gasteiger charge is -2.15. The van der Waals surface area contributed by atoms with Crippen LogP contribution < -0.4 is 15.8 Å². The lowest BCUT2D eigenvalue weighted by atomic mass is 10.0. The number of benzene rings is 3. The monoisotopic (exact) mass is 480 g/mol. The van der Waals surface area contributed by atoms with E-state index < -0.39 is 5.91 Å². The summed E-state index contributed by atoms with van der Waals surface area (Å²) >= 11 is 6.54. The van der Waals surface area contributed by atoms with E-state index in [1.165, 1.54) is 6.20 Å². The zero-order valence-electron chi connectivity index (χ0n) is 18.4. The molecule has 4 rings (SSSR count). The molecule has 0 fully saturated rings. The lowest BCUT2D eigenvalue weighted by molar-refractivity contribution is 0.0997. The largest absolute Gasteiger partial charge is 0.436 e. The number of nitrogens with one attached hydrogen (secondary N) is 1. The molecule has 0 saturated heterocycles. The van der Waals surface area contributed by atoms with Crippen molar-refractivity contribution in [3.63, 3.8) is 0 Å². The highest BCUT2D eigenvalue weighted by molar-refractivity contribution is 6.32. The SMILES string of the molecule is Cc1cc(-c2ccc(C#N)cc2)cc(Cl)c1Oc1nc(Nc2ccc(C#N)cc2)ncc1C(N)=O. The van der Waals surface area contributed by atoms with Gasteiger partial charge in [-0.1, -0.05) is 23.7 Å². The minimum absolute atomic E-state index is 0.0120. The van der Waals surface area contributed by atoms with E-state index in [0.717, 1.165) is 11.1 Å². The number of carbonyl (C=O) groups is 1. The number of amides is 1. The van der Waals surface area contributed by atoms with Gasteiger partial charge in [0.2, 0.25) is 11.8 Å². The molecule has 3 N–H and O–H groups in total. The van der Waals surface area contributed by atoms with Gasteiger partial charge in [0, 0.05) is 11.9 Å². The molecule has 8 nitrogen and oxygen atoms in total. The van der Waals surface area contributed by atoms with Gasteiger partial charge in [-0.05, 0) is 72.1 Å². The van der Waals surface area contributed by atoms with Crippen molar-refractivity contribution in [2.75, 3.05) is 5.32 Å². The number of aromatic nitrogens is 2. The normalized spacial score (nSPS) is 10.2. The minimum atomic E-state index is -0.757. The van der Waals surface area contributed by atoms with Crippen LogP contribution in [0.25, 0.3) is 11.1 Å². The second-order valence-electron chi connectivity index (χ2n) is 7.49. The van der Waals surface area contributed by atoms with Gasteiger partial charge in [0.15, 0.2) is 5.75 Å². The number of nitrogens with two attached hydrogens (primary N) is 1. The molecule has 1 aromatic heterocycles. The zero-order valence-corrected chi connectivity index (χ0v) is 19.2. The molecule has 0 aliphatic heterocycles. The zero-order chi connectivity index (χ0) is 24.9. The van der Waals surface area contributed by atoms with E-state index in [2.05, 4.69) is 21.4 Å². The number of rotatable bonds is 6. The number of aryl methyl sites for hydroxylation is 1. The fourth-order valence-corrected chi connectivity index (χ4v) is 3.60. The first-order chi connectivity index (χ1) is 16.9.